The van der Waals surface area contributed by atoms with Crippen molar-refractivity contribution in [3.63, 3.8) is 0 Å². The van der Waals surface area contributed by atoms with E-state index in [0.717, 1.165) is 15.7 Å². The zero-order valence-corrected chi connectivity index (χ0v) is 14.2. The van der Waals surface area contributed by atoms with Gasteiger partial charge in [-0.3, -0.25) is 4.79 Å². The fourth-order valence-electron chi connectivity index (χ4n) is 2.59. The molecular weight excluding hydrogens is 369 g/mol. The van der Waals surface area contributed by atoms with Crippen molar-refractivity contribution in [3.05, 3.63) is 33.4 Å². The summed E-state index contributed by atoms with van der Waals surface area (Å²) in [4.78, 5) is 12.1. The van der Waals surface area contributed by atoms with Crippen molar-refractivity contribution in [1.29, 1.82) is 0 Å². The van der Waals surface area contributed by atoms with Crippen LogP contribution in [0.15, 0.2) is 24.3 Å². The van der Waals surface area contributed by atoms with Crippen molar-refractivity contribution >= 4 is 40.3 Å². The molecule has 1 saturated carbocycles. The van der Waals surface area contributed by atoms with Gasteiger partial charge in [-0.1, -0.05) is 19.3 Å². The van der Waals surface area contributed by atoms with Crippen molar-refractivity contribution in [1.82, 2.24) is 5.32 Å². The van der Waals surface area contributed by atoms with Crippen LogP contribution >= 0.6 is 34.4 Å². The number of benzene rings is 1. The van der Waals surface area contributed by atoms with Crippen LogP contribution in [0.4, 0.5) is 0 Å². The van der Waals surface area contributed by atoms with E-state index >= 15 is 0 Å². The van der Waals surface area contributed by atoms with Crippen LogP contribution < -0.4 is 5.32 Å². The van der Waals surface area contributed by atoms with Crippen LogP contribution in [-0.2, 0) is 0 Å². The van der Waals surface area contributed by atoms with E-state index in [4.69, 9.17) is 0 Å². The molecule has 0 saturated heterocycles. The summed E-state index contributed by atoms with van der Waals surface area (Å²) in [6.45, 7) is 0.791. The van der Waals surface area contributed by atoms with E-state index in [9.17, 15) is 4.79 Å². The van der Waals surface area contributed by atoms with Crippen LogP contribution in [0.25, 0.3) is 0 Å². The topological polar surface area (TPSA) is 29.1 Å². The minimum Gasteiger partial charge on any atom is -0.351 e. The maximum atomic E-state index is 12.1. The second-order valence-corrected chi connectivity index (χ2v) is 7.66. The number of halogens is 1. The van der Waals surface area contributed by atoms with Gasteiger partial charge in [-0.15, -0.1) is 0 Å². The summed E-state index contributed by atoms with van der Waals surface area (Å²) in [5.74, 6) is 0.0513. The molecule has 0 spiro atoms. The zero-order chi connectivity index (χ0) is 13.7. The van der Waals surface area contributed by atoms with Gasteiger partial charge in [-0.05, 0) is 66.0 Å². The molecular formula is C15H20INOS. The minimum absolute atomic E-state index is 0.0513. The summed E-state index contributed by atoms with van der Waals surface area (Å²) in [5, 5.41) is 3.12. The van der Waals surface area contributed by atoms with Gasteiger partial charge in [0.25, 0.3) is 5.91 Å². The second kappa shape index (κ2) is 6.97. The number of amides is 1. The van der Waals surface area contributed by atoms with Gasteiger partial charge in [0.05, 0.1) is 0 Å². The van der Waals surface area contributed by atoms with E-state index < -0.39 is 0 Å². The molecule has 0 heterocycles. The van der Waals surface area contributed by atoms with E-state index in [0.29, 0.717) is 0 Å². The third-order valence-corrected chi connectivity index (χ3v) is 6.01. The van der Waals surface area contributed by atoms with E-state index in [1.807, 2.05) is 36.0 Å². The van der Waals surface area contributed by atoms with Crippen LogP contribution in [0.2, 0.25) is 0 Å². The number of rotatable bonds is 4. The summed E-state index contributed by atoms with van der Waals surface area (Å²) in [5.41, 5.74) is 0.757. The first-order valence-corrected chi connectivity index (χ1v) is 9.04. The lowest BCUT2D eigenvalue weighted by Crippen LogP contribution is -2.41. The number of nitrogens with one attached hydrogen (secondary N) is 1. The quantitative estimate of drug-likeness (QED) is 0.787. The Morgan fingerprint density at radius 2 is 1.89 bits per heavy atom. The van der Waals surface area contributed by atoms with Gasteiger partial charge in [0.2, 0.25) is 0 Å². The second-order valence-electron chi connectivity index (χ2n) is 5.14. The predicted octanol–water partition coefficient (Wildman–Crippen LogP) is 4.09. The molecule has 1 amide bonds. The number of hydrogen-bond acceptors (Lipinski definition) is 2. The fraction of sp³-hybridized carbons (Fsp3) is 0.533. The molecule has 2 nitrogen and oxygen atoms in total. The third-order valence-electron chi connectivity index (χ3n) is 3.88. The monoisotopic (exact) mass is 389 g/mol. The van der Waals surface area contributed by atoms with E-state index in [1.165, 1.54) is 32.1 Å². The number of thioether (sulfide) groups is 1. The highest BCUT2D eigenvalue weighted by Crippen LogP contribution is 2.37. The molecule has 1 N–H and O–H groups in total. The molecule has 1 aromatic rings. The largest absolute Gasteiger partial charge is 0.351 e. The van der Waals surface area contributed by atoms with Crippen molar-refractivity contribution in [2.75, 3.05) is 12.8 Å². The van der Waals surface area contributed by atoms with E-state index in [-0.39, 0.29) is 10.7 Å². The van der Waals surface area contributed by atoms with Crippen LogP contribution in [0, 0.1) is 3.57 Å². The summed E-state index contributed by atoms with van der Waals surface area (Å²) >= 11 is 4.17. The van der Waals surface area contributed by atoms with Crippen LogP contribution in [-0.4, -0.2) is 23.5 Å². The molecule has 1 fully saturated rings. The molecule has 4 heteroatoms. The summed E-state index contributed by atoms with van der Waals surface area (Å²) < 4.78 is 1.42. The van der Waals surface area contributed by atoms with Crippen molar-refractivity contribution in [3.8, 4) is 0 Å². The molecule has 0 aromatic heterocycles. The van der Waals surface area contributed by atoms with Gasteiger partial charge in [0.1, 0.15) is 0 Å². The number of hydrogen-bond donors (Lipinski definition) is 1. The fourth-order valence-corrected chi connectivity index (χ4v) is 3.87. The van der Waals surface area contributed by atoms with E-state index in [1.54, 1.807) is 0 Å². The molecule has 2 rings (SSSR count). The Morgan fingerprint density at radius 1 is 1.26 bits per heavy atom. The minimum atomic E-state index is 0.0513. The molecule has 0 radical (unpaired) electrons. The summed E-state index contributed by atoms with van der Waals surface area (Å²) in [7, 11) is 0. The highest BCUT2D eigenvalue weighted by Gasteiger charge is 2.31. The number of carbonyl (C=O) groups excluding carboxylic acids is 1. The number of carbonyl (C=O) groups is 1. The highest BCUT2D eigenvalue weighted by molar-refractivity contribution is 14.1. The van der Waals surface area contributed by atoms with Gasteiger partial charge in [-0.2, -0.15) is 11.8 Å². The Labute approximate surface area is 133 Å². The van der Waals surface area contributed by atoms with Gasteiger partial charge < -0.3 is 5.32 Å². The van der Waals surface area contributed by atoms with Gasteiger partial charge in [0, 0.05) is 20.4 Å². The lowest BCUT2D eigenvalue weighted by Gasteiger charge is -2.35. The van der Waals surface area contributed by atoms with Crippen molar-refractivity contribution in [2.24, 2.45) is 0 Å². The van der Waals surface area contributed by atoms with Gasteiger partial charge >= 0.3 is 0 Å². The van der Waals surface area contributed by atoms with E-state index in [2.05, 4.69) is 34.2 Å². The highest BCUT2D eigenvalue weighted by atomic mass is 127. The average molecular weight is 389 g/mol. The smallest absolute Gasteiger partial charge is 0.251 e. The first-order valence-electron chi connectivity index (χ1n) is 6.74. The van der Waals surface area contributed by atoms with Crippen LogP contribution in [0.3, 0.4) is 0 Å². The van der Waals surface area contributed by atoms with Gasteiger partial charge in [-0.25, -0.2) is 0 Å². The lowest BCUT2D eigenvalue weighted by molar-refractivity contribution is 0.0947. The van der Waals surface area contributed by atoms with Gasteiger partial charge in [0.15, 0.2) is 0 Å². The molecule has 0 aliphatic heterocycles. The molecule has 0 unspecified atom stereocenters. The molecule has 19 heavy (non-hydrogen) atoms. The Bertz CT molecular complexity index is 426. The first-order chi connectivity index (χ1) is 9.15. The normalized spacial score (nSPS) is 18.0. The Balaban J connectivity index is 1.93. The Hall–Kier alpha value is -0.230. The predicted molar refractivity (Wildman–Crippen MR) is 90.8 cm³/mol. The van der Waals surface area contributed by atoms with Crippen LogP contribution in [0.5, 0.6) is 0 Å². The molecule has 0 atom stereocenters. The van der Waals surface area contributed by atoms with Crippen molar-refractivity contribution < 1.29 is 4.79 Å². The zero-order valence-electron chi connectivity index (χ0n) is 11.2. The molecule has 0 bridgehead atoms. The molecule has 104 valence electrons. The molecule has 1 aliphatic carbocycles. The maximum Gasteiger partial charge on any atom is 0.251 e. The van der Waals surface area contributed by atoms with Crippen molar-refractivity contribution in [2.45, 2.75) is 36.9 Å². The lowest BCUT2D eigenvalue weighted by atomic mass is 9.88. The summed E-state index contributed by atoms with van der Waals surface area (Å²) in [6, 6.07) is 7.73. The molecule has 1 aromatic carbocycles. The average Bonchev–Trinajstić information content (AvgIpc) is 2.46. The molecule has 1 aliphatic rings. The summed E-state index contributed by atoms with van der Waals surface area (Å²) in [6.07, 6.45) is 8.54. The third kappa shape index (κ3) is 4.12. The first kappa shape index (κ1) is 15.2. The Kier molecular flexibility index (Phi) is 5.57. The SMILES string of the molecule is CSC1(CNC(=O)c2ccc(I)cc2)CCCCC1. The maximum absolute atomic E-state index is 12.1. The van der Waals surface area contributed by atoms with Crippen LogP contribution in [0.1, 0.15) is 42.5 Å². The Morgan fingerprint density at radius 3 is 2.47 bits per heavy atom. The standard InChI is InChI=1S/C15H20INOS/c1-19-15(9-3-2-4-10-15)11-17-14(18)12-5-7-13(16)8-6-12/h5-8H,2-4,9-11H2,1H3,(H,17,18).